The van der Waals surface area contributed by atoms with Gasteiger partial charge in [0.05, 0.1) is 22.4 Å². The van der Waals surface area contributed by atoms with Crippen molar-refractivity contribution in [3.8, 4) is 61.6 Å². The number of aromatic nitrogens is 3. The molecule has 0 N–H and O–H groups in total. The van der Waals surface area contributed by atoms with E-state index < -0.39 is 0 Å². The minimum atomic E-state index is 0.938. The van der Waals surface area contributed by atoms with Crippen molar-refractivity contribution < 1.29 is 0 Å². The number of fused-ring (bicyclic) bond motifs is 7. The van der Waals surface area contributed by atoms with E-state index in [4.69, 9.17) is 4.98 Å². The molecule has 0 aliphatic carbocycles. The van der Waals surface area contributed by atoms with Gasteiger partial charge in [-0.05, 0) is 103 Å². The van der Waals surface area contributed by atoms with Crippen LogP contribution in [0.2, 0.25) is 0 Å². The van der Waals surface area contributed by atoms with Gasteiger partial charge in [-0.25, -0.2) is 4.98 Å². The number of nitrogens with zero attached hydrogens (tertiary/aromatic N) is 3. The Morgan fingerprint density at radius 3 is 1.56 bits per heavy atom. The summed E-state index contributed by atoms with van der Waals surface area (Å²) in [7, 11) is 0. The summed E-state index contributed by atoms with van der Waals surface area (Å²) in [5.41, 5.74) is 14.8. The monoisotopic (exact) mass is 775 g/mol. The maximum atomic E-state index is 5.31. The summed E-state index contributed by atoms with van der Waals surface area (Å²) >= 11 is 0. The highest BCUT2D eigenvalue weighted by Crippen LogP contribution is 2.45. The molecule has 12 rings (SSSR count). The van der Waals surface area contributed by atoms with E-state index in [0.717, 1.165) is 44.7 Å². The van der Waals surface area contributed by atoms with Crippen molar-refractivity contribution in [2.24, 2.45) is 0 Å². The molecule has 3 aromatic heterocycles. The van der Waals surface area contributed by atoms with E-state index in [0.29, 0.717) is 0 Å². The van der Waals surface area contributed by atoms with Crippen LogP contribution < -0.4 is 0 Å². The van der Waals surface area contributed by atoms with Crippen molar-refractivity contribution in [3.05, 3.63) is 225 Å². The van der Waals surface area contributed by atoms with E-state index in [1.54, 1.807) is 0 Å². The lowest BCUT2D eigenvalue weighted by molar-refractivity contribution is 1.18. The normalized spacial score (nSPS) is 11.6. The van der Waals surface area contributed by atoms with E-state index in [1.807, 2.05) is 12.4 Å². The Balaban J connectivity index is 0.977. The zero-order valence-electron chi connectivity index (χ0n) is 33.2. The molecule has 0 saturated heterocycles. The Labute approximate surface area is 353 Å². The van der Waals surface area contributed by atoms with E-state index in [2.05, 4.69) is 222 Å². The van der Waals surface area contributed by atoms with Gasteiger partial charge in [-0.3, -0.25) is 4.98 Å². The van der Waals surface area contributed by atoms with E-state index >= 15 is 0 Å². The van der Waals surface area contributed by atoms with Gasteiger partial charge in [0.2, 0.25) is 0 Å². The third-order valence-corrected chi connectivity index (χ3v) is 12.3. The molecule has 3 nitrogen and oxygen atoms in total. The molecule has 0 bridgehead atoms. The molecule has 0 aliphatic heterocycles. The fourth-order valence-corrected chi connectivity index (χ4v) is 9.55. The molecule has 0 atom stereocenters. The van der Waals surface area contributed by atoms with Crippen molar-refractivity contribution in [2.45, 2.75) is 0 Å². The van der Waals surface area contributed by atoms with Gasteiger partial charge in [0.1, 0.15) is 0 Å². The van der Waals surface area contributed by atoms with E-state index in [-0.39, 0.29) is 0 Å². The highest BCUT2D eigenvalue weighted by atomic mass is 15.0. The predicted molar refractivity (Wildman–Crippen MR) is 256 cm³/mol. The van der Waals surface area contributed by atoms with Crippen molar-refractivity contribution in [1.29, 1.82) is 0 Å². The molecule has 0 saturated carbocycles. The molecule has 0 fully saturated rings. The van der Waals surface area contributed by atoms with Crippen LogP contribution in [0.25, 0.3) is 116 Å². The molecule has 0 spiro atoms. The zero-order chi connectivity index (χ0) is 40.3. The molecule has 61 heavy (non-hydrogen) atoms. The van der Waals surface area contributed by atoms with Gasteiger partial charge >= 0.3 is 0 Å². The second kappa shape index (κ2) is 14.3. The Kier molecular flexibility index (Phi) is 8.17. The van der Waals surface area contributed by atoms with Crippen LogP contribution in [0.1, 0.15) is 0 Å². The second-order valence-corrected chi connectivity index (χ2v) is 15.7. The smallest absolute Gasteiger partial charge is 0.0709 e. The lowest BCUT2D eigenvalue weighted by atomic mass is 9.85. The lowest BCUT2D eigenvalue weighted by Gasteiger charge is -2.18. The van der Waals surface area contributed by atoms with Crippen molar-refractivity contribution in [3.63, 3.8) is 0 Å². The molecule has 0 aliphatic rings. The minimum Gasteiger partial charge on any atom is -0.309 e. The SMILES string of the molecule is c1ccc(-c2c3ccccc3c(-c3ccccc3)c3cc(-c4cccc(-c5ccc(-c6cc7c8cnccc8n(-c8ccccc8)c7c7ccccc67)cc5)n4)ccc23)cc1. The first-order valence-corrected chi connectivity index (χ1v) is 20.8. The third kappa shape index (κ3) is 5.74. The first-order valence-electron chi connectivity index (χ1n) is 20.8. The number of hydrogen-bond acceptors (Lipinski definition) is 2. The summed E-state index contributed by atoms with van der Waals surface area (Å²) in [6.07, 6.45) is 3.89. The minimum absolute atomic E-state index is 0.938. The summed E-state index contributed by atoms with van der Waals surface area (Å²) in [6, 6.07) is 76.4. The largest absolute Gasteiger partial charge is 0.309 e. The Hall–Kier alpha value is -8.14. The quantitative estimate of drug-likeness (QED) is 0.158. The van der Waals surface area contributed by atoms with Gasteiger partial charge in [0.25, 0.3) is 0 Å². The standard InChI is InChI=1S/C58H37N3/c1-4-15-40(16-5-1)56-45-22-11-12-23-46(45)57(41-17-6-2-7-18-41)50-35-42(31-32-47(50)56)54-26-14-25-53(60-54)39-29-27-38(28-30-39)49-36-51-52-37-59-34-33-55(52)61(43-19-8-3-9-20-43)58(51)48-24-13-10-21-44(48)49/h1-37H. The molecule has 0 amide bonds. The highest BCUT2D eigenvalue weighted by Gasteiger charge is 2.20. The Bertz CT molecular complexity index is 3610. The molecule has 3 heteroatoms. The van der Waals surface area contributed by atoms with E-state index in [9.17, 15) is 0 Å². The number of para-hydroxylation sites is 1. The van der Waals surface area contributed by atoms with Gasteiger partial charge in [0.15, 0.2) is 0 Å². The van der Waals surface area contributed by atoms with Crippen molar-refractivity contribution in [1.82, 2.24) is 14.5 Å². The molecule has 284 valence electrons. The van der Waals surface area contributed by atoms with Gasteiger partial charge < -0.3 is 4.57 Å². The number of rotatable bonds is 6. The van der Waals surface area contributed by atoms with Crippen LogP contribution >= 0.6 is 0 Å². The van der Waals surface area contributed by atoms with Crippen LogP contribution in [0.4, 0.5) is 0 Å². The van der Waals surface area contributed by atoms with Gasteiger partial charge in [0, 0.05) is 45.4 Å². The molecule has 0 unspecified atom stereocenters. The van der Waals surface area contributed by atoms with Gasteiger partial charge in [-0.15, -0.1) is 0 Å². The summed E-state index contributed by atoms with van der Waals surface area (Å²) in [5, 5.41) is 9.68. The topological polar surface area (TPSA) is 30.7 Å². The van der Waals surface area contributed by atoms with Crippen molar-refractivity contribution in [2.75, 3.05) is 0 Å². The van der Waals surface area contributed by atoms with Crippen molar-refractivity contribution >= 4 is 54.1 Å². The number of pyridine rings is 2. The molecule has 3 heterocycles. The maximum absolute atomic E-state index is 5.31. The average Bonchev–Trinajstić information content (AvgIpc) is 3.68. The molecule has 9 aromatic carbocycles. The predicted octanol–water partition coefficient (Wildman–Crippen LogP) is 15.4. The third-order valence-electron chi connectivity index (χ3n) is 12.3. The molecule has 0 radical (unpaired) electrons. The highest BCUT2D eigenvalue weighted by molar-refractivity contribution is 6.23. The molecular formula is C58H37N3. The zero-order valence-corrected chi connectivity index (χ0v) is 33.2. The Morgan fingerprint density at radius 2 is 0.869 bits per heavy atom. The second-order valence-electron chi connectivity index (χ2n) is 15.7. The van der Waals surface area contributed by atoms with E-state index in [1.165, 1.54) is 71.0 Å². The van der Waals surface area contributed by atoms with Crippen LogP contribution in [0.5, 0.6) is 0 Å². The first kappa shape index (κ1) is 34.9. The molecular weight excluding hydrogens is 739 g/mol. The summed E-state index contributed by atoms with van der Waals surface area (Å²) < 4.78 is 2.38. The van der Waals surface area contributed by atoms with Gasteiger partial charge in [-0.2, -0.15) is 0 Å². The van der Waals surface area contributed by atoms with Gasteiger partial charge in [-0.1, -0.05) is 170 Å². The summed E-state index contributed by atoms with van der Waals surface area (Å²) in [4.78, 5) is 9.88. The maximum Gasteiger partial charge on any atom is 0.0709 e. The fraction of sp³-hybridized carbons (Fsp3) is 0. The van der Waals surface area contributed by atoms with Crippen LogP contribution in [-0.2, 0) is 0 Å². The lowest BCUT2D eigenvalue weighted by Crippen LogP contribution is -1.94. The van der Waals surface area contributed by atoms with Crippen LogP contribution in [0, 0.1) is 0 Å². The summed E-state index contributed by atoms with van der Waals surface area (Å²) in [6.45, 7) is 0. The first-order chi connectivity index (χ1) is 30.3. The van der Waals surface area contributed by atoms with Crippen LogP contribution in [-0.4, -0.2) is 14.5 Å². The van der Waals surface area contributed by atoms with Crippen LogP contribution in [0.3, 0.4) is 0 Å². The fourth-order valence-electron chi connectivity index (χ4n) is 9.55. The summed E-state index contributed by atoms with van der Waals surface area (Å²) in [5.74, 6) is 0. The number of hydrogen-bond donors (Lipinski definition) is 0. The number of benzene rings is 9. The Morgan fingerprint density at radius 1 is 0.328 bits per heavy atom. The van der Waals surface area contributed by atoms with Crippen LogP contribution in [0.15, 0.2) is 225 Å². The molecule has 12 aromatic rings. The average molecular weight is 776 g/mol.